The fraction of sp³-hybridized carbons (Fsp3) is 0.370. The molecule has 6 nitrogen and oxygen atoms in total. The van der Waals surface area contributed by atoms with Crippen LogP contribution in [0.5, 0.6) is 0 Å². The number of carbonyl (C=O) groups excluding carboxylic acids is 2. The Bertz CT molecular complexity index is 1150. The van der Waals surface area contributed by atoms with E-state index in [4.69, 9.17) is 5.10 Å². The van der Waals surface area contributed by atoms with E-state index in [-0.39, 0.29) is 29.8 Å². The first-order valence-corrected chi connectivity index (χ1v) is 11.3. The fourth-order valence-electron chi connectivity index (χ4n) is 3.61. The smallest absolute Gasteiger partial charge is 0.254 e. The number of hydrogen-bond acceptors (Lipinski definition) is 3. The lowest BCUT2D eigenvalue weighted by Gasteiger charge is -2.27. The molecule has 0 radical (unpaired) electrons. The molecule has 0 saturated heterocycles. The summed E-state index contributed by atoms with van der Waals surface area (Å²) in [5.41, 5.74) is 4.14. The van der Waals surface area contributed by atoms with E-state index in [1.165, 1.54) is 0 Å². The molecular weight excluding hydrogens is 412 g/mol. The molecule has 1 N–H and O–H groups in total. The van der Waals surface area contributed by atoms with Gasteiger partial charge in [0.15, 0.2) is 0 Å². The quantitative estimate of drug-likeness (QED) is 0.560. The van der Waals surface area contributed by atoms with Crippen molar-refractivity contribution in [3.63, 3.8) is 0 Å². The molecule has 0 saturated carbocycles. The summed E-state index contributed by atoms with van der Waals surface area (Å²) in [7, 11) is 0. The normalized spacial score (nSPS) is 11.5. The molecule has 0 unspecified atom stereocenters. The number of carbonyl (C=O) groups is 2. The minimum absolute atomic E-state index is 0.0470. The van der Waals surface area contributed by atoms with Gasteiger partial charge in [0.25, 0.3) is 5.91 Å². The summed E-state index contributed by atoms with van der Waals surface area (Å²) in [5, 5.41) is 7.80. The number of benzene rings is 2. The van der Waals surface area contributed by atoms with Crippen LogP contribution in [0.2, 0.25) is 0 Å². The second-order valence-electron chi connectivity index (χ2n) is 9.75. The highest BCUT2D eigenvalue weighted by Crippen LogP contribution is 2.27. The van der Waals surface area contributed by atoms with Crippen LogP contribution in [0.1, 0.15) is 61.8 Å². The van der Waals surface area contributed by atoms with Crippen molar-refractivity contribution in [2.24, 2.45) is 0 Å². The average molecular weight is 447 g/mol. The number of hydrogen-bond donors (Lipinski definition) is 1. The van der Waals surface area contributed by atoms with E-state index in [0.29, 0.717) is 11.4 Å². The van der Waals surface area contributed by atoms with Gasteiger partial charge in [-0.3, -0.25) is 9.59 Å². The summed E-state index contributed by atoms with van der Waals surface area (Å²) in [4.78, 5) is 27.9. The van der Waals surface area contributed by atoms with Gasteiger partial charge in [-0.2, -0.15) is 5.10 Å². The number of aromatic nitrogens is 2. The predicted molar refractivity (Wildman–Crippen MR) is 133 cm³/mol. The van der Waals surface area contributed by atoms with E-state index in [1.54, 1.807) is 15.6 Å². The van der Waals surface area contributed by atoms with Gasteiger partial charge in [0.2, 0.25) is 5.91 Å². The Morgan fingerprint density at radius 3 is 2.18 bits per heavy atom. The van der Waals surface area contributed by atoms with Gasteiger partial charge in [-0.05, 0) is 51.0 Å². The molecule has 0 atom stereocenters. The highest BCUT2D eigenvalue weighted by molar-refractivity contribution is 6.00. The number of aryl methyl sites for hydroxylation is 2. The highest BCUT2D eigenvalue weighted by atomic mass is 16.2. The molecule has 2 amide bonds. The van der Waals surface area contributed by atoms with Crippen LogP contribution in [-0.2, 0) is 10.2 Å². The third-order valence-corrected chi connectivity index (χ3v) is 5.66. The fourth-order valence-corrected chi connectivity index (χ4v) is 3.61. The molecule has 1 aromatic heterocycles. The topological polar surface area (TPSA) is 67.2 Å². The van der Waals surface area contributed by atoms with Gasteiger partial charge in [0.05, 0.1) is 11.4 Å². The lowest BCUT2D eigenvalue weighted by molar-refractivity contribution is -0.117. The lowest BCUT2D eigenvalue weighted by atomic mass is 9.92. The molecule has 0 aliphatic rings. The molecule has 1 heterocycles. The maximum absolute atomic E-state index is 13.2. The Labute approximate surface area is 196 Å². The third kappa shape index (κ3) is 5.51. The average Bonchev–Trinajstić information content (AvgIpc) is 3.16. The second-order valence-corrected chi connectivity index (χ2v) is 9.75. The van der Waals surface area contributed by atoms with Crippen LogP contribution in [0.4, 0.5) is 5.82 Å². The SMILES string of the molecule is Cc1ccccc1C(=O)N(CC(=O)Nc1cc(C(C)(C)C)nn1-c1ccccc1C)C(C)C. The van der Waals surface area contributed by atoms with Gasteiger partial charge in [-0.15, -0.1) is 0 Å². The Kier molecular flexibility index (Phi) is 7.06. The maximum Gasteiger partial charge on any atom is 0.254 e. The minimum atomic E-state index is -0.263. The Balaban J connectivity index is 1.90. The zero-order valence-corrected chi connectivity index (χ0v) is 20.6. The van der Waals surface area contributed by atoms with Crippen LogP contribution in [0.25, 0.3) is 5.69 Å². The zero-order valence-electron chi connectivity index (χ0n) is 20.6. The summed E-state index contributed by atoms with van der Waals surface area (Å²) in [6.07, 6.45) is 0. The maximum atomic E-state index is 13.2. The monoisotopic (exact) mass is 446 g/mol. The standard InChI is InChI=1S/C27H34N4O2/c1-18(2)30(26(33)21-14-10-8-12-19(21)3)17-25(32)28-24-16-23(27(5,6)7)29-31(24)22-15-11-9-13-20(22)4/h8-16,18H,17H2,1-7H3,(H,28,32). The molecule has 174 valence electrons. The van der Waals surface area contributed by atoms with E-state index < -0.39 is 0 Å². The molecule has 0 bridgehead atoms. The first-order valence-electron chi connectivity index (χ1n) is 11.3. The van der Waals surface area contributed by atoms with Crippen LogP contribution in [-0.4, -0.2) is 39.1 Å². The van der Waals surface area contributed by atoms with Crippen molar-refractivity contribution in [3.8, 4) is 5.69 Å². The summed E-state index contributed by atoms with van der Waals surface area (Å²) >= 11 is 0. The molecule has 33 heavy (non-hydrogen) atoms. The van der Waals surface area contributed by atoms with Crippen molar-refractivity contribution in [1.29, 1.82) is 0 Å². The van der Waals surface area contributed by atoms with Gasteiger partial charge in [0, 0.05) is 23.1 Å². The van der Waals surface area contributed by atoms with Crippen LogP contribution < -0.4 is 5.32 Å². The molecule has 0 aliphatic heterocycles. The number of nitrogens with one attached hydrogen (secondary N) is 1. The molecule has 6 heteroatoms. The molecule has 3 rings (SSSR count). The molecule has 2 aromatic carbocycles. The Hall–Kier alpha value is -3.41. The van der Waals surface area contributed by atoms with E-state index >= 15 is 0 Å². The van der Waals surface area contributed by atoms with E-state index in [0.717, 1.165) is 22.5 Å². The predicted octanol–water partition coefficient (Wildman–Crippen LogP) is 5.28. The number of anilines is 1. The van der Waals surface area contributed by atoms with Gasteiger partial charge < -0.3 is 10.2 Å². The largest absolute Gasteiger partial charge is 0.327 e. The minimum Gasteiger partial charge on any atom is -0.327 e. The number of rotatable bonds is 6. The summed E-state index contributed by atoms with van der Waals surface area (Å²) in [5.74, 6) is 0.174. The van der Waals surface area contributed by atoms with Crippen molar-refractivity contribution in [2.75, 3.05) is 11.9 Å². The molecule has 0 fully saturated rings. The van der Waals surface area contributed by atoms with Crippen molar-refractivity contribution < 1.29 is 9.59 Å². The Morgan fingerprint density at radius 2 is 1.61 bits per heavy atom. The third-order valence-electron chi connectivity index (χ3n) is 5.66. The van der Waals surface area contributed by atoms with Gasteiger partial charge >= 0.3 is 0 Å². The van der Waals surface area contributed by atoms with Crippen molar-refractivity contribution in [2.45, 2.75) is 59.9 Å². The van der Waals surface area contributed by atoms with Crippen molar-refractivity contribution >= 4 is 17.6 Å². The molecule has 0 aliphatic carbocycles. The van der Waals surface area contributed by atoms with E-state index in [9.17, 15) is 9.59 Å². The lowest BCUT2D eigenvalue weighted by Crippen LogP contribution is -2.42. The van der Waals surface area contributed by atoms with Gasteiger partial charge in [-0.1, -0.05) is 57.2 Å². The van der Waals surface area contributed by atoms with E-state index in [1.807, 2.05) is 76.2 Å². The van der Waals surface area contributed by atoms with Gasteiger partial charge in [-0.25, -0.2) is 4.68 Å². The van der Waals surface area contributed by atoms with Crippen LogP contribution >= 0.6 is 0 Å². The van der Waals surface area contributed by atoms with Crippen molar-refractivity contribution in [3.05, 3.63) is 77.0 Å². The molecule has 0 spiro atoms. The zero-order chi connectivity index (χ0) is 24.3. The van der Waals surface area contributed by atoms with Crippen LogP contribution in [0, 0.1) is 13.8 Å². The Morgan fingerprint density at radius 1 is 1.00 bits per heavy atom. The first-order chi connectivity index (χ1) is 15.5. The number of para-hydroxylation sites is 1. The first kappa shape index (κ1) is 24.2. The van der Waals surface area contributed by atoms with Crippen LogP contribution in [0.15, 0.2) is 54.6 Å². The number of nitrogens with zero attached hydrogens (tertiary/aromatic N) is 3. The summed E-state index contributed by atoms with van der Waals surface area (Å²) < 4.78 is 1.77. The van der Waals surface area contributed by atoms with Crippen LogP contribution in [0.3, 0.4) is 0 Å². The van der Waals surface area contributed by atoms with Gasteiger partial charge in [0.1, 0.15) is 12.4 Å². The van der Waals surface area contributed by atoms with E-state index in [2.05, 4.69) is 26.1 Å². The second kappa shape index (κ2) is 9.61. The summed E-state index contributed by atoms with van der Waals surface area (Å²) in [6, 6.07) is 17.1. The number of amides is 2. The summed E-state index contributed by atoms with van der Waals surface area (Å²) in [6.45, 7) is 14.0. The highest BCUT2D eigenvalue weighted by Gasteiger charge is 2.25. The van der Waals surface area contributed by atoms with Crippen molar-refractivity contribution in [1.82, 2.24) is 14.7 Å². The molecule has 3 aromatic rings. The molecular formula is C27H34N4O2.